The molecule has 3 atom stereocenters. The molecule has 1 aromatic rings. The molecule has 0 saturated heterocycles. The first-order chi connectivity index (χ1) is 8.83. The quantitative estimate of drug-likeness (QED) is 0.901. The molecule has 2 aliphatic carbocycles. The van der Waals surface area contributed by atoms with E-state index < -0.39 is 0 Å². The van der Waals surface area contributed by atoms with Crippen LogP contribution in [0.25, 0.3) is 0 Å². The molecule has 2 bridgehead atoms. The van der Waals surface area contributed by atoms with Crippen LogP contribution in [0.3, 0.4) is 0 Å². The van der Waals surface area contributed by atoms with Gasteiger partial charge in [-0.3, -0.25) is 0 Å². The highest BCUT2D eigenvalue weighted by atomic mass is 32.1. The lowest BCUT2D eigenvalue weighted by Crippen LogP contribution is -2.49. The normalized spacial score (nSPS) is 36.1. The summed E-state index contributed by atoms with van der Waals surface area (Å²) in [6.07, 6.45) is 4.24. The number of hydrogen-bond acceptors (Lipinski definition) is 3. The second kappa shape index (κ2) is 4.29. The van der Waals surface area contributed by atoms with Crippen molar-refractivity contribution in [2.24, 2.45) is 16.7 Å². The van der Waals surface area contributed by atoms with Crippen LogP contribution >= 0.6 is 11.3 Å². The highest BCUT2D eigenvalue weighted by Crippen LogP contribution is 2.62. The third-order valence-electron chi connectivity index (χ3n) is 5.80. The third kappa shape index (κ3) is 2.06. The summed E-state index contributed by atoms with van der Waals surface area (Å²) in [5.74, 6) is 0.912. The van der Waals surface area contributed by atoms with Gasteiger partial charge in [-0.2, -0.15) is 0 Å². The van der Waals surface area contributed by atoms with Crippen molar-refractivity contribution in [3.05, 3.63) is 15.6 Å². The molecule has 0 aromatic carbocycles. The number of aromatic nitrogens is 1. The standard InChI is InChI=1S/C16H26N2S/c1-10-11(2)19-13(18-10)9-17-14-15(3,4)12-6-7-16(14,5)8-12/h12,14,17H,6-9H2,1-5H3. The molecule has 0 radical (unpaired) electrons. The zero-order valence-corrected chi connectivity index (χ0v) is 13.7. The maximum atomic E-state index is 4.66. The van der Waals surface area contributed by atoms with Gasteiger partial charge in [0.1, 0.15) is 5.01 Å². The number of hydrogen-bond donors (Lipinski definition) is 1. The predicted molar refractivity (Wildman–Crippen MR) is 81.4 cm³/mol. The lowest BCUT2D eigenvalue weighted by Gasteiger charge is -2.43. The summed E-state index contributed by atoms with van der Waals surface area (Å²) in [6, 6.07) is 0.642. The van der Waals surface area contributed by atoms with Crippen LogP contribution in [0.2, 0.25) is 0 Å². The molecular formula is C16H26N2S. The number of rotatable bonds is 3. The van der Waals surface area contributed by atoms with E-state index in [0.717, 1.165) is 12.5 Å². The van der Waals surface area contributed by atoms with Crippen molar-refractivity contribution in [2.75, 3.05) is 0 Å². The van der Waals surface area contributed by atoms with Gasteiger partial charge in [0.2, 0.25) is 0 Å². The minimum atomic E-state index is 0.439. The second-order valence-electron chi connectivity index (χ2n) is 7.48. The van der Waals surface area contributed by atoms with Crippen LogP contribution < -0.4 is 5.32 Å². The summed E-state index contributed by atoms with van der Waals surface area (Å²) in [5, 5.41) is 5.10. The molecular weight excluding hydrogens is 252 g/mol. The number of thiazole rings is 1. The van der Waals surface area contributed by atoms with E-state index >= 15 is 0 Å². The highest BCUT2D eigenvalue weighted by Gasteiger charge is 2.58. The number of fused-ring (bicyclic) bond motifs is 2. The van der Waals surface area contributed by atoms with Crippen LogP contribution in [-0.2, 0) is 6.54 Å². The van der Waals surface area contributed by atoms with Gasteiger partial charge in [-0.05, 0) is 49.9 Å². The molecule has 2 fully saturated rings. The number of aryl methyl sites for hydroxylation is 2. The van der Waals surface area contributed by atoms with Gasteiger partial charge >= 0.3 is 0 Å². The van der Waals surface area contributed by atoms with E-state index in [1.54, 1.807) is 0 Å². The van der Waals surface area contributed by atoms with Crippen molar-refractivity contribution < 1.29 is 0 Å². The van der Waals surface area contributed by atoms with Crippen molar-refractivity contribution in [3.8, 4) is 0 Å². The van der Waals surface area contributed by atoms with E-state index in [1.807, 2.05) is 11.3 Å². The highest BCUT2D eigenvalue weighted by molar-refractivity contribution is 7.11. The fourth-order valence-electron chi connectivity index (χ4n) is 4.62. The average Bonchev–Trinajstić information content (AvgIpc) is 2.89. The summed E-state index contributed by atoms with van der Waals surface area (Å²) in [5.41, 5.74) is 2.14. The molecule has 2 saturated carbocycles. The Hall–Kier alpha value is -0.410. The van der Waals surface area contributed by atoms with Crippen molar-refractivity contribution >= 4 is 11.3 Å². The fourth-order valence-corrected chi connectivity index (χ4v) is 5.50. The van der Waals surface area contributed by atoms with Gasteiger partial charge in [-0.15, -0.1) is 11.3 Å². The number of nitrogens with zero attached hydrogens (tertiary/aromatic N) is 1. The smallest absolute Gasteiger partial charge is 0.107 e. The second-order valence-corrected chi connectivity index (χ2v) is 8.77. The average molecular weight is 278 g/mol. The maximum absolute atomic E-state index is 4.66. The summed E-state index contributed by atoms with van der Waals surface area (Å²) < 4.78 is 0. The largest absolute Gasteiger partial charge is 0.307 e. The molecule has 1 heterocycles. The monoisotopic (exact) mass is 278 g/mol. The lowest BCUT2D eigenvalue weighted by molar-refractivity contribution is 0.108. The number of nitrogens with one attached hydrogen (secondary N) is 1. The topological polar surface area (TPSA) is 24.9 Å². The Morgan fingerprint density at radius 3 is 2.58 bits per heavy atom. The van der Waals surface area contributed by atoms with Gasteiger partial charge < -0.3 is 5.32 Å². The van der Waals surface area contributed by atoms with E-state index in [0.29, 0.717) is 16.9 Å². The molecule has 3 rings (SSSR count). The zero-order valence-electron chi connectivity index (χ0n) is 12.8. The summed E-state index contributed by atoms with van der Waals surface area (Å²) in [7, 11) is 0. The van der Waals surface area contributed by atoms with Crippen LogP contribution in [0, 0.1) is 30.6 Å². The van der Waals surface area contributed by atoms with E-state index in [9.17, 15) is 0 Å². The van der Waals surface area contributed by atoms with Gasteiger partial charge in [0.15, 0.2) is 0 Å². The predicted octanol–water partition coefficient (Wildman–Crippen LogP) is 4.06. The first-order valence-corrected chi connectivity index (χ1v) is 8.31. The molecule has 1 aromatic heterocycles. The molecule has 1 N–H and O–H groups in total. The molecule has 0 amide bonds. The third-order valence-corrected chi connectivity index (χ3v) is 6.87. The van der Waals surface area contributed by atoms with Gasteiger partial charge in [-0.1, -0.05) is 20.8 Å². The maximum Gasteiger partial charge on any atom is 0.107 e. The van der Waals surface area contributed by atoms with E-state index in [4.69, 9.17) is 0 Å². The van der Waals surface area contributed by atoms with E-state index in [-0.39, 0.29) is 0 Å². The van der Waals surface area contributed by atoms with Crippen LogP contribution in [-0.4, -0.2) is 11.0 Å². The lowest BCUT2D eigenvalue weighted by atomic mass is 9.68. The Morgan fingerprint density at radius 1 is 1.32 bits per heavy atom. The molecule has 0 aliphatic heterocycles. The summed E-state index contributed by atoms with van der Waals surface area (Å²) >= 11 is 1.84. The van der Waals surface area contributed by atoms with Crippen LogP contribution in [0.5, 0.6) is 0 Å². The summed E-state index contributed by atoms with van der Waals surface area (Å²) in [4.78, 5) is 6.02. The Bertz CT molecular complexity index is 467. The molecule has 2 aliphatic rings. The fraction of sp³-hybridized carbons (Fsp3) is 0.812. The molecule has 0 spiro atoms. The summed E-state index contributed by atoms with van der Waals surface area (Å²) in [6.45, 7) is 12.6. The Balaban J connectivity index is 1.73. The van der Waals surface area contributed by atoms with E-state index in [1.165, 1.54) is 34.8 Å². The SMILES string of the molecule is Cc1nc(CNC2C3(C)CCC(C3)C2(C)C)sc1C. The van der Waals surface area contributed by atoms with E-state index in [2.05, 4.69) is 44.9 Å². The zero-order chi connectivity index (χ0) is 13.8. The first-order valence-electron chi connectivity index (χ1n) is 7.49. The molecule has 106 valence electrons. The Labute approximate surface area is 121 Å². The van der Waals surface area contributed by atoms with Gasteiger partial charge in [0, 0.05) is 17.5 Å². The van der Waals surface area contributed by atoms with Crippen molar-refractivity contribution in [1.82, 2.24) is 10.3 Å². The van der Waals surface area contributed by atoms with Crippen LogP contribution in [0.4, 0.5) is 0 Å². The molecule has 3 unspecified atom stereocenters. The minimum Gasteiger partial charge on any atom is -0.307 e. The van der Waals surface area contributed by atoms with Gasteiger partial charge in [0.25, 0.3) is 0 Å². The van der Waals surface area contributed by atoms with Crippen LogP contribution in [0.1, 0.15) is 55.6 Å². The molecule has 3 heteroatoms. The first kappa shape index (κ1) is 13.6. The van der Waals surface area contributed by atoms with Gasteiger partial charge in [0.05, 0.1) is 5.69 Å². The molecule has 19 heavy (non-hydrogen) atoms. The Kier molecular flexibility index (Phi) is 3.06. The van der Waals surface area contributed by atoms with Crippen molar-refractivity contribution in [3.63, 3.8) is 0 Å². The van der Waals surface area contributed by atoms with Crippen LogP contribution in [0.15, 0.2) is 0 Å². The molecule has 2 nitrogen and oxygen atoms in total. The Morgan fingerprint density at radius 2 is 2.05 bits per heavy atom. The minimum absolute atomic E-state index is 0.439. The van der Waals surface area contributed by atoms with Gasteiger partial charge in [-0.25, -0.2) is 4.98 Å². The van der Waals surface area contributed by atoms with Crippen molar-refractivity contribution in [1.29, 1.82) is 0 Å². The van der Waals surface area contributed by atoms with Crippen molar-refractivity contribution in [2.45, 2.75) is 66.5 Å².